The Bertz CT molecular complexity index is 432. The lowest BCUT2D eigenvalue weighted by molar-refractivity contribution is -0.121. The lowest BCUT2D eigenvalue weighted by atomic mass is 10.1. The summed E-state index contributed by atoms with van der Waals surface area (Å²) < 4.78 is 0. The Morgan fingerprint density at radius 1 is 1.20 bits per heavy atom. The van der Waals surface area contributed by atoms with Gasteiger partial charge in [0.15, 0.2) is 0 Å². The summed E-state index contributed by atoms with van der Waals surface area (Å²) in [5, 5.41) is 14.6. The van der Waals surface area contributed by atoms with Crippen LogP contribution in [-0.4, -0.2) is 35.6 Å². The number of amides is 2. The molecule has 2 amide bonds. The Kier molecular flexibility index (Phi) is 6.73. The third kappa shape index (κ3) is 6.33. The molecule has 0 aliphatic carbocycles. The number of aliphatic hydroxyl groups is 1. The summed E-state index contributed by atoms with van der Waals surface area (Å²) in [5.41, 5.74) is 0.578. The van der Waals surface area contributed by atoms with Gasteiger partial charge in [0, 0.05) is 24.6 Å². The molecule has 110 valence electrons. The minimum atomic E-state index is -0.425. The largest absolute Gasteiger partial charge is 0.393 e. The highest BCUT2D eigenvalue weighted by molar-refractivity contribution is 5.94. The van der Waals surface area contributed by atoms with Crippen molar-refractivity contribution in [1.82, 2.24) is 10.6 Å². The standard InChI is InChI=1S/C15H22N2O3/c1-11(10-14(19)16-9-8-12(2)18)17-15(20)13-6-4-3-5-7-13/h3-7,11-12,18H,8-10H2,1-2H3,(H,16,19)(H,17,20). The summed E-state index contributed by atoms with van der Waals surface area (Å²) in [5.74, 6) is -0.318. The van der Waals surface area contributed by atoms with Crippen LogP contribution < -0.4 is 10.6 Å². The van der Waals surface area contributed by atoms with Gasteiger partial charge in [-0.15, -0.1) is 0 Å². The molecule has 0 heterocycles. The Morgan fingerprint density at radius 2 is 1.85 bits per heavy atom. The predicted octanol–water partition coefficient (Wildman–Crippen LogP) is 1.08. The van der Waals surface area contributed by atoms with E-state index in [1.54, 1.807) is 38.1 Å². The van der Waals surface area contributed by atoms with Crippen LogP contribution in [0.1, 0.15) is 37.0 Å². The first kappa shape index (κ1) is 16.2. The van der Waals surface area contributed by atoms with Crippen LogP contribution in [0, 0.1) is 0 Å². The summed E-state index contributed by atoms with van der Waals surface area (Å²) in [6.07, 6.45) is 0.319. The highest BCUT2D eigenvalue weighted by Crippen LogP contribution is 2.00. The van der Waals surface area contributed by atoms with Crippen molar-refractivity contribution < 1.29 is 14.7 Å². The van der Waals surface area contributed by atoms with Gasteiger partial charge in [0.1, 0.15) is 0 Å². The van der Waals surface area contributed by atoms with Gasteiger partial charge in [-0.25, -0.2) is 0 Å². The molecule has 0 aliphatic heterocycles. The molecular weight excluding hydrogens is 256 g/mol. The van der Waals surface area contributed by atoms with Gasteiger partial charge in [-0.3, -0.25) is 9.59 Å². The fourth-order valence-electron chi connectivity index (χ4n) is 1.72. The molecule has 0 bridgehead atoms. The van der Waals surface area contributed by atoms with Crippen molar-refractivity contribution in [1.29, 1.82) is 0 Å². The number of nitrogens with one attached hydrogen (secondary N) is 2. The van der Waals surface area contributed by atoms with E-state index >= 15 is 0 Å². The van der Waals surface area contributed by atoms with E-state index in [-0.39, 0.29) is 24.3 Å². The summed E-state index contributed by atoms with van der Waals surface area (Å²) in [6, 6.07) is 8.64. The minimum Gasteiger partial charge on any atom is -0.393 e. The fraction of sp³-hybridized carbons (Fsp3) is 0.467. The molecule has 0 aromatic heterocycles. The molecule has 0 spiro atoms. The summed E-state index contributed by atoms with van der Waals surface area (Å²) in [7, 11) is 0. The molecule has 1 aromatic rings. The van der Waals surface area contributed by atoms with E-state index in [0.29, 0.717) is 18.5 Å². The summed E-state index contributed by atoms with van der Waals surface area (Å²) in [4.78, 5) is 23.5. The summed E-state index contributed by atoms with van der Waals surface area (Å²) in [6.45, 7) is 3.90. The lowest BCUT2D eigenvalue weighted by Gasteiger charge is -2.14. The van der Waals surface area contributed by atoms with Crippen LogP contribution in [0.15, 0.2) is 30.3 Å². The molecule has 0 saturated heterocycles. The van der Waals surface area contributed by atoms with Gasteiger partial charge in [0.2, 0.25) is 5.91 Å². The Balaban J connectivity index is 2.31. The van der Waals surface area contributed by atoms with Crippen LogP contribution in [0.5, 0.6) is 0 Å². The van der Waals surface area contributed by atoms with Gasteiger partial charge < -0.3 is 15.7 Å². The van der Waals surface area contributed by atoms with Gasteiger partial charge in [-0.2, -0.15) is 0 Å². The van der Waals surface area contributed by atoms with E-state index in [9.17, 15) is 9.59 Å². The Morgan fingerprint density at radius 3 is 2.45 bits per heavy atom. The van der Waals surface area contributed by atoms with E-state index in [1.807, 2.05) is 6.07 Å². The van der Waals surface area contributed by atoms with Crippen LogP contribution in [0.2, 0.25) is 0 Å². The summed E-state index contributed by atoms with van der Waals surface area (Å²) >= 11 is 0. The molecule has 2 unspecified atom stereocenters. The van der Waals surface area contributed by atoms with E-state index in [4.69, 9.17) is 5.11 Å². The monoisotopic (exact) mass is 278 g/mol. The molecule has 0 saturated carbocycles. The van der Waals surface area contributed by atoms with Crippen molar-refractivity contribution in [2.45, 2.75) is 38.8 Å². The molecule has 2 atom stereocenters. The molecule has 3 N–H and O–H groups in total. The normalized spacial score (nSPS) is 13.3. The fourth-order valence-corrected chi connectivity index (χ4v) is 1.72. The SMILES string of the molecule is CC(O)CCNC(=O)CC(C)NC(=O)c1ccccc1. The molecule has 0 fully saturated rings. The molecule has 5 nitrogen and oxygen atoms in total. The van der Waals surface area contributed by atoms with Crippen LogP contribution in [0.25, 0.3) is 0 Å². The van der Waals surface area contributed by atoms with Crippen molar-refractivity contribution in [2.75, 3.05) is 6.54 Å². The van der Waals surface area contributed by atoms with E-state index < -0.39 is 6.10 Å². The molecular formula is C15H22N2O3. The van der Waals surface area contributed by atoms with Gasteiger partial charge in [-0.05, 0) is 32.4 Å². The number of rotatable bonds is 7. The number of hydrogen-bond donors (Lipinski definition) is 3. The van der Waals surface area contributed by atoms with Crippen LogP contribution in [0.4, 0.5) is 0 Å². The van der Waals surface area contributed by atoms with Crippen molar-refractivity contribution in [3.05, 3.63) is 35.9 Å². The van der Waals surface area contributed by atoms with Gasteiger partial charge in [0.05, 0.1) is 6.10 Å². The maximum absolute atomic E-state index is 11.9. The first-order valence-corrected chi connectivity index (χ1v) is 6.79. The zero-order valence-electron chi connectivity index (χ0n) is 11.9. The number of carbonyl (C=O) groups is 2. The van der Waals surface area contributed by atoms with Gasteiger partial charge in [0.25, 0.3) is 5.91 Å². The smallest absolute Gasteiger partial charge is 0.251 e. The van der Waals surface area contributed by atoms with Gasteiger partial charge in [-0.1, -0.05) is 18.2 Å². The topological polar surface area (TPSA) is 78.4 Å². The molecule has 0 aliphatic rings. The van der Waals surface area contributed by atoms with Crippen molar-refractivity contribution in [3.8, 4) is 0 Å². The van der Waals surface area contributed by atoms with E-state index in [1.165, 1.54) is 0 Å². The highest BCUT2D eigenvalue weighted by Gasteiger charge is 2.12. The van der Waals surface area contributed by atoms with Crippen LogP contribution in [-0.2, 0) is 4.79 Å². The second-order valence-corrected chi connectivity index (χ2v) is 4.93. The van der Waals surface area contributed by atoms with Crippen LogP contribution >= 0.6 is 0 Å². The molecule has 5 heteroatoms. The number of carbonyl (C=O) groups excluding carboxylic acids is 2. The third-order valence-electron chi connectivity index (χ3n) is 2.79. The zero-order chi connectivity index (χ0) is 15.0. The van der Waals surface area contributed by atoms with Crippen LogP contribution in [0.3, 0.4) is 0 Å². The second-order valence-electron chi connectivity index (χ2n) is 4.93. The van der Waals surface area contributed by atoms with Crippen molar-refractivity contribution >= 4 is 11.8 Å². The third-order valence-corrected chi connectivity index (χ3v) is 2.79. The first-order valence-electron chi connectivity index (χ1n) is 6.79. The Hall–Kier alpha value is -1.88. The average molecular weight is 278 g/mol. The van der Waals surface area contributed by atoms with E-state index in [2.05, 4.69) is 10.6 Å². The average Bonchev–Trinajstić information content (AvgIpc) is 2.38. The first-order chi connectivity index (χ1) is 9.49. The van der Waals surface area contributed by atoms with Gasteiger partial charge >= 0.3 is 0 Å². The minimum absolute atomic E-state index is 0.133. The maximum Gasteiger partial charge on any atom is 0.251 e. The zero-order valence-corrected chi connectivity index (χ0v) is 11.9. The van der Waals surface area contributed by atoms with Crippen molar-refractivity contribution in [2.24, 2.45) is 0 Å². The highest BCUT2D eigenvalue weighted by atomic mass is 16.3. The second kappa shape index (κ2) is 8.32. The van der Waals surface area contributed by atoms with E-state index in [0.717, 1.165) is 0 Å². The quantitative estimate of drug-likeness (QED) is 0.698. The maximum atomic E-state index is 11.9. The molecule has 1 rings (SSSR count). The Labute approximate surface area is 119 Å². The predicted molar refractivity (Wildman–Crippen MR) is 77.3 cm³/mol. The molecule has 1 aromatic carbocycles. The van der Waals surface area contributed by atoms with Crippen molar-refractivity contribution in [3.63, 3.8) is 0 Å². The molecule has 0 radical (unpaired) electrons. The lowest BCUT2D eigenvalue weighted by Crippen LogP contribution is -2.37. The number of aliphatic hydroxyl groups excluding tert-OH is 1. The number of benzene rings is 1. The molecule has 20 heavy (non-hydrogen) atoms. The number of hydrogen-bond acceptors (Lipinski definition) is 3.